The zero-order chi connectivity index (χ0) is 15.9. The van der Waals surface area contributed by atoms with Gasteiger partial charge in [-0.2, -0.15) is 0 Å². The van der Waals surface area contributed by atoms with E-state index in [2.05, 4.69) is 0 Å². The summed E-state index contributed by atoms with van der Waals surface area (Å²) in [6, 6.07) is 6.78. The normalized spacial score (nSPS) is 16.1. The SMILES string of the molecule is CCOC(=O)CN1CCCN(c2ccccc2[N+](=O)[O-])CC1. The van der Waals surface area contributed by atoms with Crippen molar-refractivity contribution in [1.29, 1.82) is 0 Å². The summed E-state index contributed by atoms with van der Waals surface area (Å²) >= 11 is 0. The van der Waals surface area contributed by atoms with Gasteiger partial charge in [-0.25, -0.2) is 0 Å². The molecule has 1 aliphatic rings. The molecular weight excluding hydrogens is 286 g/mol. The smallest absolute Gasteiger partial charge is 0.320 e. The molecule has 7 nitrogen and oxygen atoms in total. The van der Waals surface area contributed by atoms with Crippen LogP contribution in [0.3, 0.4) is 0 Å². The number of anilines is 1. The van der Waals surface area contributed by atoms with Crippen LogP contribution < -0.4 is 4.90 Å². The second-order valence-electron chi connectivity index (χ2n) is 5.17. The Bertz CT molecular complexity index is 535. The van der Waals surface area contributed by atoms with E-state index in [-0.39, 0.29) is 23.1 Å². The van der Waals surface area contributed by atoms with Crippen molar-refractivity contribution in [3.63, 3.8) is 0 Å². The van der Waals surface area contributed by atoms with Crippen LogP contribution in [0.25, 0.3) is 0 Å². The van der Waals surface area contributed by atoms with Crippen LogP contribution in [0.15, 0.2) is 24.3 Å². The van der Waals surface area contributed by atoms with Gasteiger partial charge in [0.2, 0.25) is 0 Å². The zero-order valence-corrected chi connectivity index (χ0v) is 12.7. The number of carbonyl (C=O) groups is 1. The third kappa shape index (κ3) is 4.17. The summed E-state index contributed by atoms with van der Waals surface area (Å²) in [5.74, 6) is -0.221. The molecule has 0 bridgehead atoms. The summed E-state index contributed by atoms with van der Waals surface area (Å²) in [7, 11) is 0. The molecular formula is C15H21N3O4. The lowest BCUT2D eigenvalue weighted by Gasteiger charge is -2.23. The van der Waals surface area contributed by atoms with E-state index in [9.17, 15) is 14.9 Å². The van der Waals surface area contributed by atoms with Gasteiger partial charge in [0.05, 0.1) is 18.1 Å². The summed E-state index contributed by atoms with van der Waals surface area (Å²) in [5, 5.41) is 11.1. The van der Waals surface area contributed by atoms with E-state index in [1.807, 2.05) is 15.9 Å². The van der Waals surface area contributed by atoms with Crippen LogP contribution in [0, 0.1) is 10.1 Å². The lowest BCUT2D eigenvalue weighted by Crippen LogP contribution is -2.35. The molecule has 1 heterocycles. The van der Waals surface area contributed by atoms with Crippen molar-refractivity contribution in [2.75, 3.05) is 44.2 Å². The first-order valence-electron chi connectivity index (χ1n) is 7.48. The van der Waals surface area contributed by atoms with Crippen molar-refractivity contribution in [3.05, 3.63) is 34.4 Å². The topological polar surface area (TPSA) is 75.9 Å². The van der Waals surface area contributed by atoms with Crippen LogP contribution in [0.5, 0.6) is 0 Å². The lowest BCUT2D eigenvalue weighted by molar-refractivity contribution is -0.384. The van der Waals surface area contributed by atoms with Crippen molar-refractivity contribution in [2.24, 2.45) is 0 Å². The molecule has 0 saturated carbocycles. The Balaban J connectivity index is 2.01. The number of carbonyl (C=O) groups excluding carboxylic acids is 1. The van der Waals surface area contributed by atoms with Gasteiger partial charge in [-0.1, -0.05) is 12.1 Å². The fourth-order valence-corrected chi connectivity index (χ4v) is 2.65. The highest BCUT2D eigenvalue weighted by atomic mass is 16.6. The average Bonchev–Trinajstić information content (AvgIpc) is 2.73. The van der Waals surface area contributed by atoms with Gasteiger partial charge in [0.25, 0.3) is 5.69 Å². The van der Waals surface area contributed by atoms with Gasteiger partial charge in [0.1, 0.15) is 5.69 Å². The summed E-state index contributed by atoms with van der Waals surface area (Å²) in [5.41, 5.74) is 0.770. The quantitative estimate of drug-likeness (QED) is 0.468. The molecule has 0 atom stereocenters. The van der Waals surface area contributed by atoms with E-state index < -0.39 is 0 Å². The number of nitrogens with zero attached hydrogens (tertiary/aromatic N) is 3. The molecule has 1 aromatic carbocycles. The minimum Gasteiger partial charge on any atom is -0.465 e. The Morgan fingerprint density at radius 3 is 2.77 bits per heavy atom. The number of hydrogen-bond donors (Lipinski definition) is 0. The van der Waals surface area contributed by atoms with Gasteiger partial charge < -0.3 is 9.64 Å². The van der Waals surface area contributed by atoms with Crippen molar-refractivity contribution >= 4 is 17.3 Å². The highest BCUT2D eigenvalue weighted by Crippen LogP contribution is 2.28. The molecule has 2 rings (SSSR count). The number of rotatable bonds is 5. The minimum atomic E-state index is -0.351. The van der Waals surface area contributed by atoms with Crippen LogP contribution in [0.4, 0.5) is 11.4 Å². The molecule has 0 aliphatic carbocycles. The zero-order valence-electron chi connectivity index (χ0n) is 12.7. The fraction of sp³-hybridized carbons (Fsp3) is 0.533. The highest BCUT2D eigenvalue weighted by molar-refractivity contribution is 5.71. The van der Waals surface area contributed by atoms with Crippen LogP contribution in [0.1, 0.15) is 13.3 Å². The first-order chi connectivity index (χ1) is 10.6. The number of nitro benzene ring substituents is 1. The predicted octanol–water partition coefficient (Wildman–Crippen LogP) is 1.67. The first-order valence-corrected chi connectivity index (χ1v) is 7.48. The Hall–Kier alpha value is -2.15. The molecule has 0 amide bonds. The molecule has 0 aromatic heterocycles. The molecule has 1 fully saturated rings. The number of ether oxygens (including phenoxy) is 1. The average molecular weight is 307 g/mol. The van der Waals surface area contributed by atoms with Crippen LogP contribution in [0.2, 0.25) is 0 Å². The minimum absolute atomic E-state index is 0.126. The van der Waals surface area contributed by atoms with Gasteiger partial charge in [0, 0.05) is 32.2 Å². The third-order valence-electron chi connectivity index (χ3n) is 3.67. The van der Waals surface area contributed by atoms with Gasteiger partial charge in [-0.05, 0) is 19.4 Å². The van der Waals surface area contributed by atoms with Gasteiger partial charge in [-0.15, -0.1) is 0 Å². The van der Waals surface area contributed by atoms with Crippen LogP contribution >= 0.6 is 0 Å². The molecule has 1 saturated heterocycles. The van der Waals surface area contributed by atoms with Crippen LogP contribution in [-0.2, 0) is 9.53 Å². The second kappa shape index (κ2) is 7.74. The van der Waals surface area contributed by atoms with Gasteiger partial charge in [-0.3, -0.25) is 19.8 Å². The molecule has 0 N–H and O–H groups in total. The number of benzene rings is 1. The van der Waals surface area contributed by atoms with Crippen molar-refractivity contribution in [3.8, 4) is 0 Å². The standard InChI is InChI=1S/C15H21N3O4/c1-2-22-15(19)12-16-8-5-9-17(11-10-16)13-6-3-4-7-14(13)18(20)21/h3-4,6-7H,2,5,8-12H2,1H3. The van der Waals surface area contributed by atoms with E-state index >= 15 is 0 Å². The second-order valence-corrected chi connectivity index (χ2v) is 5.17. The van der Waals surface area contributed by atoms with Gasteiger partial charge in [0.15, 0.2) is 0 Å². The highest BCUT2D eigenvalue weighted by Gasteiger charge is 2.22. The van der Waals surface area contributed by atoms with Gasteiger partial charge >= 0.3 is 5.97 Å². The van der Waals surface area contributed by atoms with Crippen LogP contribution in [-0.4, -0.2) is 55.1 Å². The summed E-state index contributed by atoms with van der Waals surface area (Å²) < 4.78 is 4.96. The molecule has 1 aliphatic heterocycles. The summed E-state index contributed by atoms with van der Waals surface area (Å²) in [4.78, 5) is 26.4. The Morgan fingerprint density at radius 2 is 2.05 bits per heavy atom. The molecule has 1 aromatic rings. The fourth-order valence-electron chi connectivity index (χ4n) is 2.65. The lowest BCUT2D eigenvalue weighted by atomic mass is 10.2. The van der Waals surface area contributed by atoms with E-state index in [0.29, 0.717) is 25.4 Å². The van der Waals surface area contributed by atoms with E-state index in [4.69, 9.17) is 4.74 Å². The van der Waals surface area contributed by atoms with Crippen molar-refractivity contribution < 1.29 is 14.5 Å². The van der Waals surface area contributed by atoms with E-state index in [0.717, 1.165) is 19.5 Å². The first kappa shape index (κ1) is 16.2. The maximum absolute atomic E-state index is 11.6. The third-order valence-corrected chi connectivity index (χ3v) is 3.67. The van der Waals surface area contributed by atoms with Crippen molar-refractivity contribution in [1.82, 2.24) is 4.90 Å². The summed E-state index contributed by atoms with van der Waals surface area (Å²) in [6.45, 7) is 5.32. The molecule has 120 valence electrons. The Morgan fingerprint density at radius 1 is 1.27 bits per heavy atom. The monoisotopic (exact) mass is 307 g/mol. The molecule has 22 heavy (non-hydrogen) atoms. The Kier molecular flexibility index (Phi) is 5.71. The number of esters is 1. The Labute approximate surface area is 129 Å². The largest absolute Gasteiger partial charge is 0.465 e. The predicted molar refractivity (Wildman–Crippen MR) is 83.0 cm³/mol. The van der Waals surface area contributed by atoms with E-state index in [1.54, 1.807) is 19.1 Å². The summed E-state index contributed by atoms with van der Waals surface area (Å²) in [6.07, 6.45) is 0.853. The van der Waals surface area contributed by atoms with Crippen molar-refractivity contribution in [2.45, 2.75) is 13.3 Å². The van der Waals surface area contributed by atoms with E-state index in [1.165, 1.54) is 6.07 Å². The molecule has 0 radical (unpaired) electrons. The number of para-hydroxylation sites is 2. The number of hydrogen-bond acceptors (Lipinski definition) is 6. The maximum Gasteiger partial charge on any atom is 0.320 e. The maximum atomic E-state index is 11.6. The molecule has 0 spiro atoms. The number of nitro groups is 1. The molecule has 7 heteroatoms. The molecule has 0 unspecified atom stereocenters.